The minimum atomic E-state index is -3.59. The average molecular weight is 446 g/mol. The molecule has 2 aromatic rings. The number of sulfonamides is 1. The molecule has 2 aliphatic heterocycles. The lowest BCUT2D eigenvalue weighted by atomic mass is 10.0. The molecule has 166 valence electrons. The molecule has 9 heteroatoms. The molecule has 31 heavy (non-hydrogen) atoms. The van der Waals surface area contributed by atoms with E-state index in [0.29, 0.717) is 50.3 Å². The van der Waals surface area contributed by atoms with Gasteiger partial charge in [0.15, 0.2) is 5.76 Å². The number of amides is 2. The molecular formula is C22H27N3O5S. The minimum Gasteiger partial charge on any atom is -0.459 e. The van der Waals surface area contributed by atoms with Crippen LogP contribution in [0.15, 0.2) is 52.0 Å². The molecule has 1 N–H and O–H groups in total. The second kappa shape index (κ2) is 9.23. The van der Waals surface area contributed by atoms with Crippen LogP contribution in [0.4, 0.5) is 0 Å². The van der Waals surface area contributed by atoms with Crippen molar-refractivity contribution < 1.29 is 22.4 Å². The molecule has 0 bridgehead atoms. The number of benzene rings is 1. The maximum atomic E-state index is 12.9. The zero-order valence-corrected chi connectivity index (χ0v) is 18.1. The van der Waals surface area contributed by atoms with Crippen LogP contribution in [0.5, 0.6) is 0 Å². The van der Waals surface area contributed by atoms with Crippen molar-refractivity contribution in [3.8, 4) is 0 Å². The molecule has 0 unspecified atom stereocenters. The third-order valence-corrected chi connectivity index (χ3v) is 7.79. The molecule has 2 saturated heterocycles. The average Bonchev–Trinajstić information content (AvgIpc) is 3.35. The first-order valence-corrected chi connectivity index (χ1v) is 12.1. The molecular weight excluding hydrogens is 418 g/mol. The summed E-state index contributed by atoms with van der Waals surface area (Å²) in [4.78, 5) is 27.0. The van der Waals surface area contributed by atoms with Gasteiger partial charge in [-0.2, -0.15) is 4.31 Å². The first-order valence-electron chi connectivity index (χ1n) is 10.7. The monoisotopic (exact) mass is 445 g/mol. The lowest BCUT2D eigenvalue weighted by Crippen LogP contribution is -2.46. The van der Waals surface area contributed by atoms with Gasteiger partial charge >= 0.3 is 0 Å². The third kappa shape index (κ3) is 4.83. The molecule has 0 spiro atoms. The summed E-state index contributed by atoms with van der Waals surface area (Å²) < 4.78 is 32.5. The smallest absolute Gasteiger partial charge is 0.289 e. The highest BCUT2D eigenvalue weighted by atomic mass is 32.2. The largest absolute Gasteiger partial charge is 0.459 e. The lowest BCUT2D eigenvalue weighted by Gasteiger charge is -2.32. The number of carbonyl (C=O) groups is 2. The van der Waals surface area contributed by atoms with Crippen molar-refractivity contribution in [1.29, 1.82) is 0 Å². The van der Waals surface area contributed by atoms with Gasteiger partial charge in [-0.25, -0.2) is 8.42 Å². The number of likely N-dealkylation sites (tertiary alicyclic amines) is 1. The molecule has 0 radical (unpaired) electrons. The predicted octanol–water partition coefficient (Wildman–Crippen LogP) is 2.49. The molecule has 2 fully saturated rings. The van der Waals surface area contributed by atoms with E-state index in [1.54, 1.807) is 35.2 Å². The highest BCUT2D eigenvalue weighted by Gasteiger charge is 2.28. The number of nitrogens with zero attached hydrogens (tertiary/aromatic N) is 2. The number of nitrogens with one attached hydrogen (secondary N) is 1. The summed E-state index contributed by atoms with van der Waals surface area (Å²) in [5.41, 5.74) is 0.326. The molecule has 0 saturated carbocycles. The van der Waals surface area contributed by atoms with Gasteiger partial charge in [0.25, 0.3) is 11.8 Å². The zero-order chi connectivity index (χ0) is 21.8. The van der Waals surface area contributed by atoms with Gasteiger partial charge in [0.05, 0.1) is 11.2 Å². The fourth-order valence-corrected chi connectivity index (χ4v) is 5.67. The Bertz CT molecular complexity index is 1020. The summed E-state index contributed by atoms with van der Waals surface area (Å²) in [5, 5.41) is 2.98. The second-order valence-electron chi connectivity index (χ2n) is 8.01. The summed E-state index contributed by atoms with van der Waals surface area (Å²) >= 11 is 0. The van der Waals surface area contributed by atoms with Gasteiger partial charge in [0.2, 0.25) is 10.0 Å². The molecule has 1 aromatic carbocycles. The Morgan fingerprint density at radius 3 is 2.39 bits per heavy atom. The van der Waals surface area contributed by atoms with Crippen molar-refractivity contribution in [1.82, 2.24) is 14.5 Å². The van der Waals surface area contributed by atoms with Crippen molar-refractivity contribution in [2.75, 3.05) is 26.2 Å². The van der Waals surface area contributed by atoms with Gasteiger partial charge in [-0.15, -0.1) is 0 Å². The first kappa shape index (κ1) is 21.6. The van der Waals surface area contributed by atoms with Crippen LogP contribution < -0.4 is 5.32 Å². The van der Waals surface area contributed by atoms with Crippen molar-refractivity contribution >= 4 is 21.8 Å². The Balaban J connectivity index is 1.36. The fourth-order valence-electron chi connectivity index (χ4n) is 4.10. The molecule has 8 nitrogen and oxygen atoms in total. The zero-order valence-electron chi connectivity index (χ0n) is 17.3. The van der Waals surface area contributed by atoms with E-state index in [0.717, 1.165) is 19.3 Å². The number of rotatable bonds is 5. The van der Waals surface area contributed by atoms with Crippen LogP contribution in [0.3, 0.4) is 0 Å². The van der Waals surface area contributed by atoms with E-state index in [2.05, 4.69) is 5.32 Å². The van der Waals surface area contributed by atoms with Gasteiger partial charge < -0.3 is 14.6 Å². The molecule has 3 heterocycles. The van der Waals surface area contributed by atoms with Crippen molar-refractivity contribution in [2.24, 2.45) is 0 Å². The Morgan fingerprint density at radius 1 is 0.968 bits per heavy atom. The van der Waals surface area contributed by atoms with Gasteiger partial charge in [-0.05, 0) is 56.0 Å². The summed E-state index contributed by atoms with van der Waals surface area (Å²) in [7, 11) is -3.59. The van der Waals surface area contributed by atoms with E-state index >= 15 is 0 Å². The Labute approximate surface area is 182 Å². The quantitative estimate of drug-likeness (QED) is 0.762. The van der Waals surface area contributed by atoms with E-state index in [9.17, 15) is 18.0 Å². The molecule has 4 rings (SSSR count). The van der Waals surface area contributed by atoms with E-state index in [1.165, 1.54) is 16.6 Å². The number of piperidine rings is 2. The van der Waals surface area contributed by atoms with Crippen LogP contribution in [0.25, 0.3) is 0 Å². The maximum Gasteiger partial charge on any atom is 0.289 e. The summed E-state index contributed by atoms with van der Waals surface area (Å²) in [6.07, 6.45) is 5.50. The Hall–Kier alpha value is -2.65. The van der Waals surface area contributed by atoms with Gasteiger partial charge in [-0.3, -0.25) is 9.59 Å². The van der Waals surface area contributed by atoms with Gasteiger partial charge in [-0.1, -0.05) is 12.5 Å². The Kier molecular flexibility index (Phi) is 6.43. The van der Waals surface area contributed by atoms with Gasteiger partial charge in [0.1, 0.15) is 0 Å². The predicted molar refractivity (Wildman–Crippen MR) is 114 cm³/mol. The summed E-state index contributed by atoms with van der Waals surface area (Å²) in [6, 6.07) is 9.47. The van der Waals surface area contributed by atoms with Crippen LogP contribution in [0.1, 0.15) is 53.0 Å². The van der Waals surface area contributed by atoms with Crippen LogP contribution in [-0.2, 0) is 10.0 Å². The van der Waals surface area contributed by atoms with Gasteiger partial charge in [0, 0.05) is 37.8 Å². The number of hydrogen-bond acceptors (Lipinski definition) is 5. The topological polar surface area (TPSA) is 99.9 Å². The molecule has 0 aliphatic carbocycles. The van der Waals surface area contributed by atoms with Crippen molar-refractivity contribution in [2.45, 2.75) is 43.0 Å². The highest BCUT2D eigenvalue weighted by Crippen LogP contribution is 2.22. The van der Waals surface area contributed by atoms with Crippen LogP contribution in [0.2, 0.25) is 0 Å². The Morgan fingerprint density at radius 2 is 1.71 bits per heavy atom. The number of carbonyl (C=O) groups excluding carboxylic acids is 2. The molecule has 0 atom stereocenters. The molecule has 1 aromatic heterocycles. The van der Waals surface area contributed by atoms with Crippen LogP contribution in [-0.4, -0.2) is 61.7 Å². The normalized spacial score (nSPS) is 18.6. The SMILES string of the molecule is O=C(NC1CCN(C(=O)c2ccco2)CC1)c1cccc(S(=O)(=O)N2CCCCC2)c1. The van der Waals surface area contributed by atoms with Crippen LogP contribution in [0, 0.1) is 0 Å². The maximum absolute atomic E-state index is 12.9. The number of furan rings is 1. The highest BCUT2D eigenvalue weighted by molar-refractivity contribution is 7.89. The molecule has 2 aliphatic rings. The van der Waals surface area contributed by atoms with E-state index in [1.807, 2.05) is 0 Å². The lowest BCUT2D eigenvalue weighted by molar-refractivity contribution is 0.0667. The molecule has 2 amide bonds. The minimum absolute atomic E-state index is 0.0736. The summed E-state index contributed by atoms with van der Waals surface area (Å²) in [5.74, 6) is -0.133. The fraction of sp³-hybridized carbons (Fsp3) is 0.455. The third-order valence-electron chi connectivity index (χ3n) is 5.90. The second-order valence-corrected chi connectivity index (χ2v) is 9.95. The summed E-state index contributed by atoms with van der Waals surface area (Å²) in [6.45, 7) is 2.09. The standard InChI is InChI=1S/C22H27N3O5S/c26-21(23-18-9-13-24(14-10-18)22(27)20-8-5-15-30-20)17-6-4-7-19(16-17)31(28,29)25-11-2-1-3-12-25/h4-8,15-16,18H,1-3,9-14H2,(H,23,26). The van der Waals surface area contributed by atoms with Crippen LogP contribution >= 0.6 is 0 Å². The van der Waals surface area contributed by atoms with E-state index < -0.39 is 10.0 Å². The van der Waals surface area contributed by atoms with Crippen molar-refractivity contribution in [3.63, 3.8) is 0 Å². The number of hydrogen-bond donors (Lipinski definition) is 1. The van der Waals surface area contributed by atoms with E-state index in [-0.39, 0.29) is 22.8 Å². The first-order chi connectivity index (χ1) is 14.9. The van der Waals surface area contributed by atoms with E-state index in [4.69, 9.17) is 4.42 Å². The van der Waals surface area contributed by atoms with Crippen molar-refractivity contribution in [3.05, 3.63) is 54.0 Å².